The predicted molar refractivity (Wildman–Crippen MR) is 144 cm³/mol. The highest BCUT2D eigenvalue weighted by atomic mass is 35.5. The van der Waals surface area contributed by atoms with Crippen molar-refractivity contribution in [1.82, 2.24) is 5.32 Å². The standard InChI is InChI=1S/C26H19ClN4O10/c1-3-40-22-12-14(11-19(27)23(22)41-21-9-6-16(30(35)36)13-20(21)31(37)38)10-18-24(32)28-26(34)29(25(18)33)15-4-7-17(39-2)8-5-15/h4-13H,3H2,1-2H3,(H,28,32,34)/b18-10+. The van der Waals surface area contributed by atoms with Crippen molar-refractivity contribution in [1.29, 1.82) is 0 Å². The lowest BCUT2D eigenvalue weighted by Crippen LogP contribution is -2.54. The first-order valence-corrected chi connectivity index (χ1v) is 12.0. The van der Waals surface area contributed by atoms with Crippen LogP contribution >= 0.6 is 11.6 Å². The van der Waals surface area contributed by atoms with Crippen molar-refractivity contribution in [3.8, 4) is 23.0 Å². The summed E-state index contributed by atoms with van der Waals surface area (Å²) in [5.41, 5.74) is -1.20. The molecule has 0 bridgehead atoms. The van der Waals surface area contributed by atoms with Crippen LogP contribution in [0.2, 0.25) is 5.02 Å². The number of hydrogen-bond acceptors (Lipinski definition) is 10. The summed E-state index contributed by atoms with van der Waals surface area (Å²) in [5, 5.41) is 24.6. The van der Waals surface area contributed by atoms with Gasteiger partial charge in [-0.3, -0.25) is 35.1 Å². The smallest absolute Gasteiger partial charge is 0.335 e. The Hall–Kier alpha value is -5.50. The molecule has 15 heteroatoms. The first kappa shape index (κ1) is 28.5. The van der Waals surface area contributed by atoms with Gasteiger partial charge in [0.2, 0.25) is 5.75 Å². The van der Waals surface area contributed by atoms with Gasteiger partial charge in [0.15, 0.2) is 11.5 Å². The second-order valence-electron chi connectivity index (χ2n) is 8.19. The fourth-order valence-corrected chi connectivity index (χ4v) is 4.04. The Bertz CT molecular complexity index is 1620. The number of benzene rings is 3. The molecule has 1 heterocycles. The van der Waals surface area contributed by atoms with Gasteiger partial charge in [0.25, 0.3) is 17.5 Å². The summed E-state index contributed by atoms with van der Waals surface area (Å²) in [5.74, 6) is -1.86. The van der Waals surface area contributed by atoms with Crippen LogP contribution in [0.4, 0.5) is 21.9 Å². The van der Waals surface area contributed by atoms with Crippen molar-refractivity contribution in [2.24, 2.45) is 0 Å². The summed E-state index contributed by atoms with van der Waals surface area (Å²) in [4.78, 5) is 60.0. The van der Waals surface area contributed by atoms with E-state index in [0.29, 0.717) is 5.75 Å². The van der Waals surface area contributed by atoms with E-state index in [0.717, 1.165) is 23.1 Å². The number of hydrogen-bond donors (Lipinski definition) is 1. The molecule has 0 unspecified atom stereocenters. The Balaban J connectivity index is 1.73. The van der Waals surface area contributed by atoms with Gasteiger partial charge in [-0.25, -0.2) is 9.69 Å². The lowest BCUT2D eigenvalue weighted by atomic mass is 10.1. The molecule has 0 atom stereocenters. The van der Waals surface area contributed by atoms with Crippen LogP contribution in [0.1, 0.15) is 12.5 Å². The van der Waals surface area contributed by atoms with Crippen LogP contribution in [0.5, 0.6) is 23.0 Å². The molecule has 1 fully saturated rings. The number of nitrogens with zero attached hydrogens (tertiary/aromatic N) is 3. The maximum atomic E-state index is 13.2. The maximum absolute atomic E-state index is 13.2. The lowest BCUT2D eigenvalue weighted by Gasteiger charge is -2.26. The van der Waals surface area contributed by atoms with Crippen molar-refractivity contribution >= 4 is 52.6 Å². The Morgan fingerprint density at radius 2 is 1.68 bits per heavy atom. The van der Waals surface area contributed by atoms with E-state index in [1.54, 1.807) is 6.92 Å². The van der Waals surface area contributed by atoms with Gasteiger partial charge in [-0.05, 0) is 61.0 Å². The van der Waals surface area contributed by atoms with Gasteiger partial charge in [0.1, 0.15) is 11.3 Å². The largest absolute Gasteiger partial charge is 0.497 e. The molecule has 1 aliphatic rings. The van der Waals surface area contributed by atoms with Crippen LogP contribution in [0.15, 0.2) is 60.2 Å². The number of imide groups is 2. The summed E-state index contributed by atoms with van der Waals surface area (Å²) in [6.07, 6.45) is 1.19. The van der Waals surface area contributed by atoms with E-state index >= 15 is 0 Å². The van der Waals surface area contributed by atoms with Crippen molar-refractivity contribution in [3.05, 3.63) is 91.0 Å². The molecule has 0 aliphatic carbocycles. The van der Waals surface area contributed by atoms with Gasteiger partial charge in [-0.15, -0.1) is 0 Å². The van der Waals surface area contributed by atoms with Gasteiger partial charge in [-0.2, -0.15) is 0 Å². The summed E-state index contributed by atoms with van der Waals surface area (Å²) in [7, 11) is 1.46. The lowest BCUT2D eigenvalue weighted by molar-refractivity contribution is -0.394. The molecule has 41 heavy (non-hydrogen) atoms. The van der Waals surface area contributed by atoms with Crippen LogP contribution in [-0.2, 0) is 9.59 Å². The third-order valence-electron chi connectivity index (χ3n) is 5.64. The molecule has 4 rings (SSSR count). The minimum absolute atomic E-state index is 0.00810. The highest BCUT2D eigenvalue weighted by Crippen LogP contribution is 2.43. The zero-order chi connectivity index (χ0) is 29.8. The van der Waals surface area contributed by atoms with Gasteiger partial charge in [0.05, 0.1) is 40.3 Å². The van der Waals surface area contributed by atoms with Crippen LogP contribution in [0, 0.1) is 20.2 Å². The quantitative estimate of drug-likeness (QED) is 0.156. The number of carbonyl (C=O) groups is 3. The zero-order valence-corrected chi connectivity index (χ0v) is 22.0. The molecule has 210 valence electrons. The minimum atomic E-state index is -0.944. The van der Waals surface area contributed by atoms with Gasteiger partial charge in [0, 0.05) is 6.07 Å². The molecule has 0 spiro atoms. The Morgan fingerprint density at radius 1 is 0.976 bits per heavy atom. The molecule has 1 N–H and O–H groups in total. The number of anilines is 1. The number of barbiturate groups is 1. The van der Waals surface area contributed by atoms with Crippen molar-refractivity contribution in [2.75, 3.05) is 18.6 Å². The first-order valence-electron chi connectivity index (χ1n) is 11.7. The fraction of sp³-hybridized carbons (Fsp3) is 0.115. The number of amides is 4. The molecule has 3 aromatic rings. The van der Waals surface area contributed by atoms with Crippen molar-refractivity contribution in [2.45, 2.75) is 6.92 Å². The molecule has 1 aliphatic heterocycles. The Morgan fingerprint density at radius 3 is 2.29 bits per heavy atom. The SMILES string of the molecule is CCOc1cc(/C=C2\C(=O)NC(=O)N(c3ccc(OC)cc3)C2=O)cc(Cl)c1Oc1ccc([N+](=O)[O-])cc1[N+](=O)[O-]. The fourth-order valence-electron chi connectivity index (χ4n) is 3.78. The third kappa shape index (κ3) is 5.91. The first-order chi connectivity index (χ1) is 19.5. The van der Waals surface area contributed by atoms with Crippen LogP contribution in [0.3, 0.4) is 0 Å². The summed E-state index contributed by atoms with van der Waals surface area (Å²) in [6.45, 7) is 1.75. The van der Waals surface area contributed by atoms with Gasteiger partial charge < -0.3 is 14.2 Å². The van der Waals surface area contributed by atoms with Gasteiger partial charge >= 0.3 is 11.7 Å². The average molecular weight is 583 g/mol. The van der Waals surface area contributed by atoms with Crippen molar-refractivity contribution in [3.63, 3.8) is 0 Å². The monoisotopic (exact) mass is 582 g/mol. The third-order valence-corrected chi connectivity index (χ3v) is 5.92. The maximum Gasteiger partial charge on any atom is 0.335 e. The number of urea groups is 1. The number of methoxy groups -OCH3 is 1. The average Bonchev–Trinajstić information content (AvgIpc) is 2.93. The second-order valence-corrected chi connectivity index (χ2v) is 8.59. The van der Waals surface area contributed by atoms with E-state index in [-0.39, 0.29) is 40.1 Å². The summed E-state index contributed by atoms with van der Waals surface area (Å²) >= 11 is 6.43. The van der Waals surface area contributed by atoms with E-state index in [4.69, 9.17) is 25.8 Å². The molecular weight excluding hydrogens is 564 g/mol. The number of halogens is 1. The molecule has 0 aromatic heterocycles. The number of rotatable bonds is 9. The second kappa shape index (κ2) is 11.7. The number of carbonyl (C=O) groups excluding carboxylic acids is 3. The van der Waals surface area contributed by atoms with Crippen LogP contribution in [0.25, 0.3) is 6.08 Å². The summed E-state index contributed by atoms with van der Waals surface area (Å²) < 4.78 is 16.3. The zero-order valence-electron chi connectivity index (χ0n) is 21.3. The number of non-ortho nitro benzene ring substituents is 1. The molecule has 4 amide bonds. The number of nitro groups is 2. The minimum Gasteiger partial charge on any atom is -0.497 e. The number of nitrogens with one attached hydrogen (secondary N) is 1. The van der Waals surface area contributed by atoms with E-state index in [9.17, 15) is 34.6 Å². The molecule has 14 nitrogen and oxygen atoms in total. The molecular formula is C26H19ClN4O10. The van der Waals surface area contributed by atoms with E-state index in [1.165, 1.54) is 49.6 Å². The molecule has 1 saturated heterocycles. The highest BCUT2D eigenvalue weighted by Gasteiger charge is 2.37. The number of nitro benzene ring substituents is 2. The highest BCUT2D eigenvalue weighted by molar-refractivity contribution is 6.39. The van der Waals surface area contributed by atoms with Crippen LogP contribution < -0.4 is 24.4 Å². The van der Waals surface area contributed by atoms with E-state index < -0.39 is 44.6 Å². The Labute approximate surface area is 236 Å². The van der Waals surface area contributed by atoms with Gasteiger partial charge in [-0.1, -0.05) is 11.6 Å². The molecule has 0 radical (unpaired) electrons. The van der Waals surface area contributed by atoms with Crippen LogP contribution in [-0.4, -0.2) is 41.4 Å². The summed E-state index contributed by atoms with van der Waals surface area (Å²) in [6, 6.07) is 10.6. The molecule has 0 saturated carbocycles. The topological polar surface area (TPSA) is 180 Å². The van der Waals surface area contributed by atoms with Crippen molar-refractivity contribution < 1.29 is 38.4 Å². The van der Waals surface area contributed by atoms with E-state index in [2.05, 4.69) is 5.32 Å². The normalized spacial score (nSPS) is 14.1. The predicted octanol–water partition coefficient (Wildman–Crippen LogP) is 5.02. The Kier molecular flexibility index (Phi) is 8.14. The number of ether oxygens (including phenoxy) is 3. The van der Waals surface area contributed by atoms with E-state index in [1.807, 2.05) is 0 Å². The molecule has 3 aromatic carbocycles.